The summed E-state index contributed by atoms with van der Waals surface area (Å²) in [4.78, 5) is 26.0. The summed E-state index contributed by atoms with van der Waals surface area (Å²) in [5, 5.41) is 2.63. The third-order valence-corrected chi connectivity index (χ3v) is 5.26. The molecule has 0 spiro atoms. The van der Waals surface area contributed by atoms with Crippen LogP contribution in [0.1, 0.15) is 10.4 Å². The van der Waals surface area contributed by atoms with Crippen molar-refractivity contribution in [2.24, 2.45) is 0 Å². The van der Waals surface area contributed by atoms with Gasteiger partial charge in [-0.25, -0.2) is 17.9 Å². The van der Waals surface area contributed by atoms with Crippen LogP contribution in [-0.2, 0) is 19.6 Å². The van der Waals surface area contributed by atoms with E-state index in [9.17, 15) is 18.0 Å². The summed E-state index contributed by atoms with van der Waals surface area (Å²) in [6.07, 6.45) is 1.42. The summed E-state index contributed by atoms with van der Waals surface area (Å²) < 4.78 is 31.3. The van der Waals surface area contributed by atoms with Crippen LogP contribution in [-0.4, -0.2) is 47.5 Å². The van der Waals surface area contributed by atoms with Crippen LogP contribution < -0.4 is 14.9 Å². The van der Waals surface area contributed by atoms with Crippen molar-refractivity contribution < 1.29 is 22.7 Å². The SMILES string of the molecule is C=CCNS(=O)(=O)c1ccc(C(=O)OCC(=O)Nc2ccc(N(C)C)cc2)cc1. The molecule has 8 nitrogen and oxygen atoms in total. The number of carbonyl (C=O) groups is 2. The Labute approximate surface area is 170 Å². The number of hydrogen-bond donors (Lipinski definition) is 2. The molecule has 2 rings (SSSR count). The molecule has 2 aromatic carbocycles. The van der Waals surface area contributed by atoms with Crippen LogP contribution >= 0.6 is 0 Å². The van der Waals surface area contributed by atoms with Crippen molar-refractivity contribution in [3.05, 3.63) is 66.7 Å². The second-order valence-electron chi connectivity index (χ2n) is 6.23. The number of hydrogen-bond acceptors (Lipinski definition) is 6. The van der Waals surface area contributed by atoms with Gasteiger partial charge in [0.15, 0.2) is 6.61 Å². The van der Waals surface area contributed by atoms with Crippen LogP contribution in [0, 0.1) is 0 Å². The molecule has 2 aromatic rings. The quantitative estimate of drug-likeness (QED) is 0.478. The average molecular weight is 417 g/mol. The molecule has 0 aliphatic heterocycles. The topological polar surface area (TPSA) is 105 Å². The Kier molecular flexibility index (Phi) is 7.52. The minimum atomic E-state index is -3.67. The Hall–Kier alpha value is -3.17. The third-order valence-electron chi connectivity index (χ3n) is 3.82. The van der Waals surface area contributed by atoms with E-state index in [0.29, 0.717) is 5.69 Å². The van der Waals surface area contributed by atoms with Gasteiger partial charge >= 0.3 is 5.97 Å². The molecule has 0 aliphatic rings. The van der Waals surface area contributed by atoms with Gasteiger partial charge in [-0.3, -0.25) is 4.79 Å². The van der Waals surface area contributed by atoms with Gasteiger partial charge in [-0.2, -0.15) is 0 Å². The largest absolute Gasteiger partial charge is 0.452 e. The number of benzene rings is 2. The summed E-state index contributed by atoms with van der Waals surface area (Å²) in [6, 6.07) is 12.4. The van der Waals surface area contributed by atoms with Gasteiger partial charge in [0.1, 0.15) is 0 Å². The van der Waals surface area contributed by atoms with Crippen LogP contribution in [0.25, 0.3) is 0 Å². The molecule has 2 N–H and O–H groups in total. The number of amides is 1. The van der Waals surface area contributed by atoms with Gasteiger partial charge in [-0.1, -0.05) is 6.08 Å². The van der Waals surface area contributed by atoms with Gasteiger partial charge in [-0.15, -0.1) is 6.58 Å². The second-order valence-corrected chi connectivity index (χ2v) is 8.00. The van der Waals surface area contributed by atoms with Crippen LogP contribution in [0.15, 0.2) is 66.1 Å². The Balaban J connectivity index is 1.89. The Morgan fingerprint density at radius 2 is 1.69 bits per heavy atom. The number of esters is 1. The van der Waals surface area contributed by atoms with Crippen molar-refractivity contribution in [1.29, 1.82) is 0 Å². The fourth-order valence-electron chi connectivity index (χ4n) is 2.28. The Morgan fingerprint density at radius 3 is 2.24 bits per heavy atom. The predicted octanol–water partition coefficient (Wildman–Crippen LogP) is 2.01. The number of ether oxygens (including phenoxy) is 1. The number of nitrogens with zero attached hydrogens (tertiary/aromatic N) is 1. The highest BCUT2D eigenvalue weighted by Crippen LogP contribution is 2.16. The van der Waals surface area contributed by atoms with Crippen LogP contribution in [0.2, 0.25) is 0 Å². The van der Waals surface area contributed by atoms with Gasteiger partial charge in [0, 0.05) is 32.0 Å². The molecule has 0 unspecified atom stereocenters. The first-order valence-corrected chi connectivity index (χ1v) is 10.2. The van der Waals surface area contributed by atoms with Gasteiger partial charge in [0.05, 0.1) is 10.5 Å². The zero-order chi connectivity index (χ0) is 21.4. The number of anilines is 2. The molecule has 0 heterocycles. The number of carbonyl (C=O) groups excluding carboxylic acids is 2. The molecule has 1 amide bonds. The van der Waals surface area contributed by atoms with Crippen LogP contribution in [0.4, 0.5) is 11.4 Å². The molecule has 0 aromatic heterocycles. The van der Waals surface area contributed by atoms with Gasteiger partial charge < -0.3 is 15.0 Å². The highest BCUT2D eigenvalue weighted by atomic mass is 32.2. The van der Waals surface area contributed by atoms with E-state index < -0.39 is 28.5 Å². The first-order chi connectivity index (χ1) is 13.7. The van der Waals surface area contributed by atoms with E-state index in [1.165, 1.54) is 30.3 Å². The van der Waals surface area contributed by atoms with Crippen molar-refractivity contribution in [2.75, 3.05) is 37.5 Å². The fraction of sp³-hybridized carbons (Fsp3) is 0.200. The summed E-state index contributed by atoms with van der Waals surface area (Å²) >= 11 is 0. The molecule has 0 radical (unpaired) electrons. The molecular formula is C20H23N3O5S. The molecule has 154 valence electrons. The van der Waals surface area contributed by atoms with E-state index in [1.807, 2.05) is 31.1 Å². The smallest absolute Gasteiger partial charge is 0.338 e. The van der Waals surface area contributed by atoms with Crippen molar-refractivity contribution in [3.8, 4) is 0 Å². The molecule has 0 fully saturated rings. The van der Waals surface area contributed by atoms with Gasteiger partial charge in [0.25, 0.3) is 5.91 Å². The minimum Gasteiger partial charge on any atom is -0.452 e. The average Bonchev–Trinajstić information content (AvgIpc) is 2.71. The molecular weight excluding hydrogens is 394 g/mol. The van der Waals surface area contributed by atoms with E-state index in [2.05, 4.69) is 16.6 Å². The molecule has 0 saturated carbocycles. The summed E-state index contributed by atoms with van der Waals surface area (Å²) in [5.41, 5.74) is 1.70. The molecule has 29 heavy (non-hydrogen) atoms. The number of nitrogens with one attached hydrogen (secondary N) is 2. The highest BCUT2D eigenvalue weighted by molar-refractivity contribution is 7.89. The minimum absolute atomic E-state index is 0.00909. The first-order valence-electron chi connectivity index (χ1n) is 8.68. The fourth-order valence-corrected chi connectivity index (χ4v) is 3.27. The zero-order valence-corrected chi connectivity index (χ0v) is 17.0. The van der Waals surface area contributed by atoms with E-state index in [4.69, 9.17) is 4.74 Å². The molecule has 0 atom stereocenters. The van der Waals surface area contributed by atoms with Crippen molar-refractivity contribution in [3.63, 3.8) is 0 Å². The molecule has 9 heteroatoms. The molecule has 0 aliphatic carbocycles. The van der Waals surface area contributed by atoms with E-state index >= 15 is 0 Å². The van der Waals surface area contributed by atoms with Crippen LogP contribution in [0.3, 0.4) is 0 Å². The molecule has 0 saturated heterocycles. The van der Waals surface area contributed by atoms with E-state index in [1.54, 1.807) is 12.1 Å². The maximum Gasteiger partial charge on any atom is 0.338 e. The normalized spacial score (nSPS) is 10.8. The van der Waals surface area contributed by atoms with Crippen molar-refractivity contribution in [1.82, 2.24) is 4.72 Å². The van der Waals surface area contributed by atoms with Crippen molar-refractivity contribution in [2.45, 2.75) is 4.90 Å². The number of rotatable bonds is 9. The zero-order valence-electron chi connectivity index (χ0n) is 16.2. The van der Waals surface area contributed by atoms with Crippen molar-refractivity contribution >= 4 is 33.3 Å². The summed E-state index contributed by atoms with van der Waals surface area (Å²) in [7, 11) is 0.145. The van der Waals surface area contributed by atoms with E-state index in [0.717, 1.165) is 5.69 Å². The lowest BCUT2D eigenvalue weighted by Gasteiger charge is -2.13. The maximum atomic E-state index is 12.1. The predicted molar refractivity (Wildman–Crippen MR) is 112 cm³/mol. The Bertz CT molecular complexity index is 968. The standard InChI is InChI=1S/C20H23N3O5S/c1-4-13-21-29(26,27)18-11-5-15(6-12-18)20(25)28-14-19(24)22-16-7-9-17(10-8-16)23(2)3/h4-12,21H,1,13-14H2,2-3H3,(H,22,24). The Morgan fingerprint density at radius 1 is 1.07 bits per heavy atom. The number of sulfonamides is 1. The maximum absolute atomic E-state index is 12.1. The monoisotopic (exact) mass is 417 g/mol. The lowest BCUT2D eigenvalue weighted by atomic mass is 10.2. The summed E-state index contributed by atoms with van der Waals surface area (Å²) in [6.45, 7) is 3.08. The van der Waals surface area contributed by atoms with Gasteiger partial charge in [0.2, 0.25) is 10.0 Å². The first kappa shape index (κ1) is 22.1. The lowest BCUT2D eigenvalue weighted by molar-refractivity contribution is -0.119. The highest BCUT2D eigenvalue weighted by Gasteiger charge is 2.15. The second kappa shape index (κ2) is 9.85. The van der Waals surface area contributed by atoms with Gasteiger partial charge in [-0.05, 0) is 48.5 Å². The third kappa shape index (κ3) is 6.44. The van der Waals surface area contributed by atoms with Crippen LogP contribution in [0.5, 0.6) is 0 Å². The van der Waals surface area contributed by atoms with E-state index in [-0.39, 0.29) is 17.0 Å². The molecule has 0 bridgehead atoms. The lowest BCUT2D eigenvalue weighted by Crippen LogP contribution is -2.23. The summed E-state index contributed by atoms with van der Waals surface area (Å²) in [5.74, 6) is -1.21.